The van der Waals surface area contributed by atoms with Gasteiger partial charge in [-0.2, -0.15) is 18.3 Å². The van der Waals surface area contributed by atoms with Crippen LogP contribution in [0.5, 0.6) is 0 Å². The van der Waals surface area contributed by atoms with Gasteiger partial charge < -0.3 is 5.73 Å². The minimum Gasteiger partial charge on any atom is -0.330 e. The maximum atomic E-state index is 12.7. The average molecular weight is 334 g/mol. The van der Waals surface area contributed by atoms with E-state index in [9.17, 15) is 13.2 Å². The summed E-state index contributed by atoms with van der Waals surface area (Å²) in [6, 6.07) is 6.90. The molecule has 0 aliphatic carbocycles. The minimum atomic E-state index is -4.34. The topological polar surface area (TPSA) is 56.7 Å². The van der Waals surface area contributed by atoms with E-state index in [4.69, 9.17) is 5.73 Å². The summed E-state index contributed by atoms with van der Waals surface area (Å²) >= 11 is 0. The van der Waals surface area contributed by atoms with Crippen LogP contribution in [0.1, 0.15) is 18.4 Å². The van der Waals surface area contributed by atoms with Gasteiger partial charge in [0.1, 0.15) is 5.69 Å². The maximum Gasteiger partial charge on any atom is 0.416 e. The highest BCUT2D eigenvalue weighted by Gasteiger charge is 2.30. The quantitative estimate of drug-likeness (QED) is 0.721. The summed E-state index contributed by atoms with van der Waals surface area (Å²) in [6.45, 7) is 1.32. The Bertz CT molecular complexity index is 822. The average Bonchev–Trinajstić information content (AvgIpc) is 2.94. The highest BCUT2D eigenvalue weighted by molar-refractivity contribution is 5.92. The fourth-order valence-electron chi connectivity index (χ4n) is 2.63. The zero-order valence-electron chi connectivity index (χ0n) is 12.9. The molecule has 0 atom stereocenters. The molecule has 3 rings (SSSR count). The number of aryl methyl sites for hydroxylation is 1. The summed E-state index contributed by atoms with van der Waals surface area (Å²) in [4.78, 5) is 4.11. The van der Waals surface area contributed by atoms with Gasteiger partial charge in [-0.05, 0) is 37.6 Å². The van der Waals surface area contributed by atoms with Crippen molar-refractivity contribution in [3.63, 3.8) is 0 Å². The van der Waals surface area contributed by atoms with Crippen LogP contribution in [-0.2, 0) is 12.7 Å². The minimum absolute atomic E-state index is 0.618. The Morgan fingerprint density at radius 1 is 1.04 bits per heavy atom. The molecular formula is C17H17F3N4. The second-order valence-corrected chi connectivity index (χ2v) is 5.54. The number of halogens is 3. The number of pyridine rings is 1. The molecule has 0 amide bonds. The first-order chi connectivity index (χ1) is 11.5. The van der Waals surface area contributed by atoms with E-state index in [2.05, 4.69) is 10.1 Å². The SMILES string of the molecule is NCCCCn1nc(-c2ccc(C(F)(F)F)cc2)c2cnccc21. The van der Waals surface area contributed by atoms with Crippen LogP contribution in [0.2, 0.25) is 0 Å². The lowest BCUT2D eigenvalue weighted by Gasteiger charge is -2.06. The smallest absolute Gasteiger partial charge is 0.330 e. The van der Waals surface area contributed by atoms with Gasteiger partial charge in [-0.1, -0.05) is 12.1 Å². The molecule has 1 aromatic carbocycles. The van der Waals surface area contributed by atoms with Crippen molar-refractivity contribution in [3.05, 3.63) is 48.3 Å². The van der Waals surface area contributed by atoms with E-state index in [1.54, 1.807) is 12.4 Å². The number of rotatable bonds is 5. The molecule has 0 saturated carbocycles. The monoisotopic (exact) mass is 334 g/mol. The molecule has 0 fully saturated rings. The zero-order chi connectivity index (χ0) is 17.2. The van der Waals surface area contributed by atoms with Crippen molar-refractivity contribution in [1.82, 2.24) is 14.8 Å². The predicted octanol–water partition coefficient (Wildman–Crippen LogP) is 3.86. The standard InChI is InChI=1S/C17H17F3N4/c18-17(19,20)13-5-3-12(4-6-13)16-14-11-22-9-7-15(14)24(23-16)10-2-1-8-21/h3-7,9,11H,1-2,8,10,21H2. The second-order valence-electron chi connectivity index (χ2n) is 5.54. The van der Waals surface area contributed by atoms with Gasteiger partial charge >= 0.3 is 6.18 Å². The maximum absolute atomic E-state index is 12.7. The van der Waals surface area contributed by atoms with E-state index in [-0.39, 0.29) is 0 Å². The molecule has 126 valence electrons. The van der Waals surface area contributed by atoms with Crippen molar-refractivity contribution in [1.29, 1.82) is 0 Å². The summed E-state index contributed by atoms with van der Waals surface area (Å²) in [7, 11) is 0. The molecule has 2 N–H and O–H groups in total. The van der Waals surface area contributed by atoms with Gasteiger partial charge in [0.15, 0.2) is 0 Å². The summed E-state index contributed by atoms with van der Waals surface area (Å²) in [5.74, 6) is 0. The summed E-state index contributed by atoms with van der Waals surface area (Å²) in [5.41, 5.74) is 7.04. The Balaban J connectivity index is 2.00. The molecule has 3 aromatic rings. The van der Waals surface area contributed by atoms with Crippen LogP contribution in [0.15, 0.2) is 42.7 Å². The molecule has 0 spiro atoms. The van der Waals surface area contributed by atoms with Gasteiger partial charge in [0.2, 0.25) is 0 Å². The molecule has 0 bridgehead atoms. The molecule has 0 aliphatic heterocycles. The highest BCUT2D eigenvalue weighted by Crippen LogP contribution is 2.32. The first-order valence-corrected chi connectivity index (χ1v) is 7.69. The number of aromatic nitrogens is 3. The second kappa shape index (κ2) is 6.60. The van der Waals surface area contributed by atoms with E-state index in [1.165, 1.54) is 12.1 Å². The molecule has 0 saturated heterocycles. The first-order valence-electron chi connectivity index (χ1n) is 7.69. The van der Waals surface area contributed by atoms with Gasteiger partial charge in [0, 0.05) is 29.9 Å². The third-order valence-electron chi connectivity index (χ3n) is 3.86. The number of hydrogen-bond acceptors (Lipinski definition) is 3. The summed E-state index contributed by atoms with van der Waals surface area (Å²) < 4.78 is 40.0. The van der Waals surface area contributed by atoms with Crippen LogP contribution in [0.4, 0.5) is 13.2 Å². The first kappa shape index (κ1) is 16.4. The molecular weight excluding hydrogens is 317 g/mol. The Labute approximate surface area is 137 Å². The largest absolute Gasteiger partial charge is 0.416 e. The van der Waals surface area contributed by atoms with Gasteiger partial charge in [-0.25, -0.2) is 0 Å². The normalized spacial score (nSPS) is 12.0. The van der Waals surface area contributed by atoms with E-state index >= 15 is 0 Å². The van der Waals surface area contributed by atoms with Gasteiger partial charge in [0.25, 0.3) is 0 Å². The number of nitrogens with zero attached hydrogens (tertiary/aromatic N) is 3. The van der Waals surface area contributed by atoms with E-state index < -0.39 is 11.7 Å². The van der Waals surface area contributed by atoms with Crippen LogP contribution in [0.25, 0.3) is 22.2 Å². The number of benzene rings is 1. The van der Waals surface area contributed by atoms with E-state index in [0.29, 0.717) is 24.3 Å². The molecule has 7 heteroatoms. The number of fused-ring (bicyclic) bond motifs is 1. The molecule has 24 heavy (non-hydrogen) atoms. The Kier molecular flexibility index (Phi) is 4.53. The van der Waals surface area contributed by atoms with Crippen LogP contribution in [0, 0.1) is 0 Å². The Morgan fingerprint density at radius 2 is 1.79 bits per heavy atom. The fraction of sp³-hybridized carbons (Fsp3) is 0.294. The van der Waals surface area contributed by atoms with Crippen molar-refractivity contribution in [2.24, 2.45) is 5.73 Å². The van der Waals surface area contributed by atoms with E-state index in [1.807, 2.05) is 10.7 Å². The van der Waals surface area contributed by atoms with Crippen LogP contribution in [-0.4, -0.2) is 21.3 Å². The van der Waals surface area contributed by atoms with Crippen LogP contribution >= 0.6 is 0 Å². The number of hydrogen-bond donors (Lipinski definition) is 1. The molecule has 4 nitrogen and oxygen atoms in total. The van der Waals surface area contributed by atoms with Gasteiger partial charge in [-0.3, -0.25) is 9.67 Å². The Hall–Kier alpha value is -2.41. The molecule has 2 heterocycles. The molecule has 0 unspecified atom stereocenters. The lowest BCUT2D eigenvalue weighted by Crippen LogP contribution is -2.05. The zero-order valence-corrected chi connectivity index (χ0v) is 12.9. The van der Waals surface area contributed by atoms with Gasteiger partial charge in [-0.15, -0.1) is 0 Å². The molecule has 0 radical (unpaired) electrons. The molecule has 2 aromatic heterocycles. The number of alkyl halides is 3. The van der Waals surface area contributed by atoms with Crippen LogP contribution in [0.3, 0.4) is 0 Å². The third kappa shape index (κ3) is 3.26. The number of nitrogens with two attached hydrogens (primary N) is 1. The fourth-order valence-corrected chi connectivity index (χ4v) is 2.63. The molecule has 0 aliphatic rings. The van der Waals surface area contributed by atoms with E-state index in [0.717, 1.165) is 35.9 Å². The van der Waals surface area contributed by atoms with Crippen molar-refractivity contribution in [2.75, 3.05) is 6.54 Å². The van der Waals surface area contributed by atoms with Crippen molar-refractivity contribution >= 4 is 10.9 Å². The van der Waals surface area contributed by atoms with Crippen molar-refractivity contribution < 1.29 is 13.2 Å². The lowest BCUT2D eigenvalue weighted by molar-refractivity contribution is -0.137. The third-order valence-corrected chi connectivity index (χ3v) is 3.86. The van der Waals surface area contributed by atoms with Crippen LogP contribution < -0.4 is 5.73 Å². The van der Waals surface area contributed by atoms with Crippen molar-refractivity contribution in [2.45, 2.75) is 25.6 Å². The highest BCUT2D eigenvalue weighted by atomic mass is 19.4. The van der Waals surface area contributed by atoms with Crippen molar-refractivity contribution in [3.8, 4) is 11.3 Å². The number of unbranched alkanes of at least 4 members (excludes halogenated alkanes) is 1. The summed E-state index contributed by atoms with van der Waals surface area (Å²) in [5, 5.41) is 5.40. The Morgan fingerprint density at radius 3 is 2.46 bits per heavy atom. The summed E-state index contributed by atoms with van der Waals surface area (Å²) in [6.07, 6.45) is 0.808. The predicted molar refractivity (Wildman–Crippen MR) is 86.3 cm³/mol. The lowest BCUT2D eigenvalue weighted by atomic mass is 10.1. The van der Waals surface area contributed by atoms with Gasteiger partial charge in [0.05, 0.1) is 11.1 Å².